The normalized spacial score (nSPS) is 15.8. The highest BCUT2D eigenvalue weighted by molar-refractivity contribution is 5.72. The molecule has 0 amide bonds. The van der Waals surface area contributed by atoms with Gasteiger partial charge in [0.2, 0.25) is 0 Å². The third-order valence-electron chi connectivity index (χ3n) is 2.25. The fourth-order valence-electron chi connectivity index (χ4n) is 1.39. The van der Waals surface area contributed by atoms with Gasteiger partial charge in [-0.15, -0.1) is 0 Å². The summed E-state index contributed by atoms with van der Waals surface area (Å²) < 4.78 is 0. The van der Waals surface area contributed by atoms with Crippen molar-refractivity contribution in [3.8, 4) is 0 Å². The molecular formula is C13H26N2O. The van der Waals surface area contributed by atoms with Gasteiger partial charge in [-0.1, -0.05) is 27.4 Å². The lowest BCUT2D eigenvalue weighted by Gasteiger charge is -2.30. The minimum atomic E-state index is 0.439. The molecule has 1 rings (SSSR count). The number of hydrogen-bond donors (Lipinski definition) is 1. The number of nitrogens with zero attached hydrogens (tertiary/aromatic N) is 1. The Hall–Kier alpha value is -0.670. The highest BCUT2D eigenvalue weighted by Gasteiger charge is 2.13. The van der Waals surface area contributed by atoms with Gasteiger partial charge < -0.3 is 5.32 Å². The van der Waals surface area contributed by atoms with E-state index < -0.39 is 0 Å². The number of carbonyl (C=O) groups is 1. The molecule has 1 aliphatic heterocycles. The van der Waals surface area contributed by atoms with Crippen LogP contribution in [0.5, 0.6) is 0 Å². The van der Waals surface area contributed by atoms with E-state index in [-0.39, 0.29) is 0 Å². The van der Waals surface area contributed by atoms with Crippen molar-refractivity contribution < 1.29 is 4.79 Å². The highest BCUT2D eigenvalue weighted by atomic mass is 16.1. The number of carbonyl (C=O) groups excluding carboxylic acids is 1. The molecule has 0 aromatic rings. The van der Waals surface area contributed by atoms with Crippen LogP contribution in [0.1, 0.15) is 27.2 Å². The predicted molar refractivity (Wildman–Crippen MR) is 69.6 cm³/mol. The van der Waals surface area contributed by atoms with Crippen LogP contribution in [0.3, 0.4) is 0 Å². The Kier molecular flexibility index (Phi) is 7.26. The van der Waals surface area contributed by atoms with Gasteiger partial charge in [-0.3, -0.25) is 9.69 Å². The molecule has 1 fully saturated rings. The Balaban J connectivity index is 0.000000293. The van der Waals surface area contributed by atoms with Crippen molar-refractivity contribution in [3.63, 3.8) is 0 Å². The van der Waals surface area contributed by atoms with Crippen LogP contribution in [-0.4, -0.2) is 44.4 Å². The SMILES string of the molecule is C=C(C=O)CN1CCC1.CNCC(C)(C)C. The summed E-state index contributed by atoms with van der Waals surface area (Å²) in [6, 6.07) is 0. The Bertz CT molecular complexity index is 214. The molecule has 3 heteroatoms. The first-order chi connectivity index (χ1) is 7.39. The lowest BCUT2D eigenvalue weighted by atomic mass is 9.97. The maximum Gasteiger partial charge on any atom is 0.146 e. The van der Waals surface area contributed by atoms with Crippen molar-refractivity contribution in [2.75, 3.05) is 33.2 Å². The maximum absolute atomic E-state index is 10.1. The third-order valence-corrected chi connectivity index (χ3v) is 2.25. The van der Waals surface area contributed by atoms with Gasteiger partial charge in [-0.25, -0.2) is 0 Å². The molecule has 1 N–H and O–H groups in total. The van der Waals surface area contributed by atoms with E-state index in [4.69, 9.17) is 0 Å². The van der Waals surface area contributed by atoms with Crippen LogP contribution < -0.4 is 5.32 Å². The second kappa shape index (κ2) is 7.58. The van der Waals surface area contributed by atoms with Gasteiger partial charge in [0.05, 0.1) is 0 Å². The number of nitrogens with one attached hydrogen (secondary N) is 1. The van der Waals surface area contributed by atoms with Crippen LogP contribution in [-0.2, 0) is 4.79 Å². The predicted octanol–water partition coefficient (Wildman–Crippen LogP) is 1.70. The fourth-order valence-corrected chi connectivity index (χ4v) is 1.39. The zero-order valence-electron chi connectivity index (χ0n) is 11.2. The van der Waals surface area contributed by atoms with E-state index in [1.54, 1.807) is 0 Å². The third kappa shape index (κ3) is 8.62. The average Bonchev–Trinajstić information content (AvgIpc) is 2.10. The topological polar surface area (TPSA) is 32.3 Å². The summed E-state index contributed by atoms with van der Waals surface area (Å²) in [6.45, 7) is 14.3. The molecule has 1 heterocycles. The molecule has 0 aromatic carbocycles. The van der Waals surface area contributed by atoms with Crippen LogP contribution in [0.2, 0.25) is 0 Å². The smallest absolute Gasteiger partial charge is 0.146 e. The lowest BCUT2D eigenvalue weighted by molar-refractivity contribution is -0.105. The molecule has 0 unspecified atom stereocenters. The van der Waals surface area contributed by atoms with Crippen molar-refractivity contribution in [1.82, 2.24) is 10.2 Å². The molecule has 0 radical (unpaired) electrons. The first-order valence-corrected chi connectivity index (χ1v) is 5.89. The maximum atomic E-state index is 10.1. The van der Waals surface area contributed by atoms with Crippen LogP contribution >= 0.6 is 0 Å². The van der Waals surface area contributed by atoms with Crippen LogP contribution in [0.25, 0.3) is 0 Å². The Morgan fingerprint density at radius 1 is 1.44 bits per heavy atom. The summed E-state index contributed by atoms with van der Waals surface area (Å²) in [7, 11) is 1.98. The minimum Gasteiger partial charge on any atom is -0.319 e. The van der Waals surface area contributed by atoms with E-state index in [0.717, 1.165) is 32.5 Å². The molecule has 0 bridgehead atoms. The van der Waals surface area contributed by atoms with Crippen molar-refractivity contribution >= 4 is 6.29 Å². The van der Waals surface area contributed by atoms with E-state index in [9.17, 15) is 4.79 Å². The van der Waals surface area contributed by atoms with E-state index in [1.807, 2.05) is 7.05 Å². The molecule has 1 saturated heterocycles. The standard InChI is InChI=1S/C7H11NO.C6H15N/c1-7(6-9)5-8-3-2-4-8;1-6(2,3)5-7-4/h6H,1-5H2;7H,5H2,1-4H3. The summed E-state index contributed by atoms with van der Waals surface area (Å²) in [6.07, 6.45) is 2.10. The molecule has 16 heavy (non-hydrogen) atoms. The molecule has 0 atom stereocenters. The molecule has 0 aliphatic carbocycles. The first-order valence-electron chi connectivity index (χ1n) is 5.89. The van der Waals surface area contributed by atoms with Gasteiger partial charge in [-0.05, 0) is 44.1 Å². The quantitative estimate of drug-likeness (QED) is 0.585. The van der Waals surface area contributed by atoms with Gasteiger partial charge in [0.15, 0.2) is 0 Å². The molecular weight excluding hydrogens is 200 g/mol. The van der Waals surface area contributed by atoms with Gasteiger partial charge in [0.25, 0.3) is 0 Å². The highest BCUT2D eigenvalue weighted by Crippen LogP contribution is 2.09. The summed E-state index contributed by atoms with van der Waals surface area (Å²) in [5.74, 6) is 0. The van der Waals surface area contributed by atoms with Crippen LogP contribution in [0.15, 0.2) is 12.2 Å². The van der Waals surface area contributed by atoms with Gasteiger partial charge in [-0.2, -0.15) is 0 Å². The van der Waals surface area contributed by atoms with Crippen LogP contribution in [0, 0.1) is 5.41 Å². The number of likely N-dealkylation sites (tertiary alicyclic amines) is 1. The molecule has 94 valence electrons. The lowest BCUT2D eigenvalue weighted by Crippen LogP contribution is -2.38. The molecule has 3 nitrogen and oxygen atoms in total. The molecule has 0 spiro atoms. The summed E-state index contributed by atoms with van der Waals surface area (Å²) in [5.41, 5.74) is 1.13. The Labute approximate surface area is 99.9 Å². The van der Waals surface area contributed by atoms with Crippen LogP contribution in [0.4, 0.5) is 0 Å². The largest absolute Gasteiger partial charge is 0.319 e. The second-order valence-corrected chi connectivity index (χ2v) is 5.50. The van der Waals surface area contributed by atoms with Gasteiger partial charge >= 0.3 is 0 Å². The van der Waals surface area contributed by atoms with E-state index in [2.05, 4.69) is 37.6 Å². The number of aldehydes is 1. The fraction of sp³-hybridized carbons (Fsp3) is 0.769. The summed E-state index contributed by atoms with van der Waals surface area (Å²) in [5, 5.41) is 3.11. The Morgan fingerprint density at radius 3 is 2.19 bits per heavy atom. The number of hydrogen-bond acceptors (Lipinski definition) is 3. The Morgan fingerprint density at radius 2 is 2.00 bits per heavy atom. The minimum absolute atomic E-state index is 0.439. The second-order valence-electron chi connectivity index (χ2n) is 5.50. The zero-order chi connectivity index (χ0) is 12.6. The van der Waals surface area contributed by atoms with Gasteiger partial charge in [0.1, 0.15) is 6.29 Å². The van der Waals surface area contributed by atoms with Crippen molar-refractivity contribution in [2.24, 2.45) is 5.41 Å². The number of rotatable bonds is 4. The molecule has 1 aliphatic rings. The first kappa shape index (κ1) is 15.3. The van der Waals surface area contributed by atoms with E-state index in [0.29, 0.717) is 11.0 Å². The molecule has 0 saturated carbocycles. The monoisotopic (exact) mass is 226 g/mol. The zero-order valence-corrected chi connectivity index (χ0v) is 11.2. The van der Waals surface area contributed by atoms with Crippen molar-refractivity contribution in [2.45, 2.75) is 27.2 Å². The average molecular weight is 226 g/mol. The van der Waals surface area contributed by atoms with Gasteiger partial charge in [0, 0.05) is 6.54 Å². The molecule has 0 aromatic heterocycles. The van der Waals surface area contributed by atoms with Crippen molar-refractivity contribution in [3.05, 3.63) is 12.2 Å². The van der Waals surface area contributed by atoms with E-state index >= 15 is 0 Å². The van der Waals surface area contributed by atoms with Crippen molar-refractivity contribution in [1.29, 1.82) is 0 Å². The summed E-state index contributed by atoms with van der Waals surface area (Å²) in [4.78, 5) is 12.3. The summed E-state index contributed by atoms with van der Waals surface area (Å²) >= 11 is 0. The van der Waals surface area contributed by atoms with E-state index in [1.165, 1.54) is 6.42 Å².